The largest absolute Gasteiger partial charge is 0.394 e. The summed E-state index contributed by atoms with van der Waals surface area (Å²) in [6.45, 7) is 1.69. The van der Waals surface area contributed by atoms with Gasteiger partial charge in [0.05, 0.1) is 38.6 Å². The minimum Gasteiger partial charge on any atom is -0.394 e. The summed E-state index contributed by atoms with van der Waals surface area (Å²) in [6, 6.07) is -1.00. The molecule has 0 aromatic heterocycles. The second-order valence-corrected chi connectivity index (χ2v) is 25.0. The van der Waals surface area contributed by atoms with Crippen molar-refractivity contribution in [3.63, 3.8) is 0 Å². The van der Waals surface area contributed by atoms with Crippen LogP contribution < -0.4 is 5.32 Å². The molecule has 0 radical (unpaired) electrons. The van der Waals surface area contributed by atoms with Crippen LogP contribution in [0.25, 0.3) is 0 Å². The van der Waals surface area contributed by atoms with Gasteiger partial charge in [0, 0.05) is 6.42 Å². The van der Waals surface area contributed by atoms with Crippen molar-refractivity contribution < 1.29 is 89.4 Å². The van der Waals surface area contributed by atoms with Crippen LogP contribution in [0.15, 0.2) is 60.8 Å². The number of aliphatic hydroxyl groups excluding tert-OH is 11. The maximum absolute atomic E-state index is 13.4. The van der Waals surface area contributed by atoms with Crippen molar-refractivity contribution in [1.29, 1.82) is 0 Å². The van der Waals surface area contributed by atoms with Crippen molar-refractivity contribution in [2.45, 2.75) is 349 Å². The van der Waals surface area contributed by atoms with Gasteiger partial charge in [-0.3, -0.25) is 4.79 Å². The number of hydrogen-bond acceptors (Lipinski definition) is 18. The molecule has 3 rings (SSSR count). The lowest BCUT2D eigenvalue weighted by molar-refractivity contribution is -0.379. The average Bonchev–Trinajstić information content (AvgIpc) is 2.46. The molecule has 3 aliphatic rings. The number of unbranched alkanes of at least 4 members (excludes halogenated alkanes) is 29. The Morgan fingerprint density at radius 3 is 1.21 bits per heavy atom. The van der Waals surface area contributed by atoms with E-state index in [-0.39, 0.29) is 18.9 Å². The van der Waals surface area contributed by atoms with E-state index in [1.54, 1.807) is 6.08 Å². The number of hydrogen-bond donors (Lipinski definition) is 12. The maximum Gasteiger partial charge on any atom is 0.220 e. The van der Waals surface area contributed by atoms with Crippen LogP contribution in [0.5, 0.6) is 0 Å². The van der Waals surface area contributed by atoms with E-state index in [1.165, 1.54) is 148 Å². The van der Waals surface area contributed by atoms with Gasteiger partial charge in [-0.25, -0.2) is 0 Å². The SMILES string of the molecule is CCCCC/C=C\C/C=C\CCCCCCCCCCCC(=O)NC(COC1OC(CO)C(OC2OC(CO)C(OC3OC(CO)C(O)C(O)C3O)C(O)C2O)C(O)C1O)C(O)/C=C/CC/C=C/CC/C=C/CCCCCCCCCCCCCCCCC. The van der Waals surface area contributed by atoms with Gasteiger partial charge in [-0.15, -0.1) is 0 Å². The lowest BCUT2D eigenvalue weighted by Gasteiger charge is -2.48. The zero-order valence-electron chi connectivity index (χ0n) is 54.6. The number of carbonyl (C=O) groups excluding carboxylic acids is 1. The van der Waals surface area contributed by atoms with Gasteiger partial charge in [0.2, 0.25) is 5.91 Å². The molecule has 0 aliphatic carbocycles. The highest BCUT2D eigenvalue weighted by atomic mass is 16.8. The Morgan fingerprint density at radius 1 is 0.404 bits per heavy atom. The molecule has 1 amide bonds. The molecule has 3 saturated heterocycles. The van der Waals surface area contributed by atoms with Crippen LogP contribution in [0.1, 0.15) is 245 Å². The van der Waals surface area contributed by atoms with Crippen molar-refractivity contribution in [2.75, 3.05) is 26.4 Å². The van der Waals surface area contributed by atoms with Crippen LogP contribution in [0.3, 0.4) is 0 Å². The molecule has 17 atom stereocenters. The fraction of sp³-hybridized carbons (Fsp3) is 0.843. The number of nitrogens with one attached hydrogen (secondary N) is 1. The Balaban J connectivity index is 1.46. The minimum absolute atomic E-state index is 0.225. The molecule has 3 aliphatic heterocycles. The van der Waals surface area contributed by atoms with Gasteiger partial charge >= 0.3 is 0 Å². The van der Waals surface area contributed by atoms with Crippen LogP contribution in [0.2, 0.25) is 0 Å². The lowest BCUT2D eigenvalue weighted by atomic mass is 9.96. The first kappa shape index (κ1) is 80.7. The Labute approximate surface area is 535 Å². The van der Waals surface area contributed by atoms with E-state index in [9.17, 15) is 61.0 Å². The number of aliphatic hydroxyl groups is 11. The third-order valence-corrected chi connectivity index (χ3v) is 17.3. The van der Waals surface area contributed by atoms with Crippen molar-refractivity contribution in [3.8, 4) is 0 Å². The Kier molecular flexibility index (Phi) is 47.0. The van der Waals surface area contributed by atoms with Gasteiger partial charge in [-0.05, 0) is 77.0 Å². The molecule has 0 aromatic rings. The predicted octanol–water partition coefficient (Wildman–Crippen LogP) is 9.16. The predicted molar refractivity (Wildman–Crippen MR) is 346 cm³/mol. The van der Waals surface area contributed by atoms with Crippen LogP contribution in [-0.4, -0.2) is 193 Å². The first-order valence-corrected chi connectivity index (χ1v) is 35.0. The van der Waals surface area contributed by atoms with Gasteiger partial charge in [0.15, 0.2) is 18.9 Å². The summed E-state index contributed by atoms with van der Waals surface area (Å²) in [4.78, 5) is 13.4. The van der Waals surface area contributed by atoms with E-state index in [0.29, 0.717) is 12.8 Å². The molecule has 89 heavy (non-hydrogen) atoms. The quantitative estimate of drug-likeness (QED) is 0.0199. The Bertz CT molecular complexity index is 1850. The van der Waals surface area contributed by atoms with E-state index in [4.69, 9.17) is 28.4 Å². The van der Waals surface area contributed by atoms with Gasteiger partial charge in [-0.2, -0.15) is 0 Å². The molecule has 3 fully saturated rings. The summed E-state index contributed by atoms with van der Waals surface area (Å²) in [6.07, 6.45) is 36.2. The van der Waals surface area contributed by atoms with Crippen LogP contribution >= 0.6 is 0 Å². The summed E-state index contributed by atoms with van der Waals surface area (Å²) < 4.78 is 34.3. The van der Waals surface area contributed by atoms with Crippen molar-refractivity contribution in [3.05, 3.63) is 60.8 Å². The lowest BCUT2D eigenvalue weighted by Crippen LogP contribution is -2.66. The van der Waals surface area contributed by atoms with Gasteiger partial charge in [-0.1, -0.05) is 222 Å². The van der Waals surface area contributed by atoms with Crippen LogP contribution in [-0.2, 0) is 33.2 Å². The molecule has 3 heterocycles. The highest BCUT2D eigenvalue weighted by Gasteiger charge is 2.53. The smallest absolute Gasteiger partial charge is 0.220 e. The molecule has 12 N–H and O–H groups in total. The highest BCUT2D eigenvalue weighted by Crippen LogP contribution is 2.33. The minimum atomic E-state index is -1.98. The summed E-state index contributed by atoms with van der Waals surface area (Å²) in [7, 11) is 0. The summed E-state index contributed by atoms with van der Waals surface area (Å²) >= 11 is 0. The fourth-order valence-corrected chi connectivity index (χ4v) is 11.5. The van der Waals surface area contributed by atoms with E-state index < -0.39 is 124 Å². The zero-order valence-corrected chi connectivity index (χ0v) is 54.6. The summed E-state index contributed by atoms with van der Waals surface area (Å²) in [5.74, 6) is -0.294. The number of allylic oxidation sites excluding steroid dienone is 9. The average molecular weight is 1270 g/mol. The van der Waals surface area contributed by atoms with E-state index in [0.717, 1.165) is 64.2 Å². The number of rotatable bonds is 53. The zero-order chi connectivity index (χ0) is 64.7. The number of ether oxygens (including phenoxy) is 6. The second-order valence-electron chi connectivity index (χ2n) is 25.0. The molecule has 19 heteroatoms. The molecular formula is C70H125NO18. The standard InChI is InChI=1S/C70H125NO18/c1-3-5-7-9-11-13-15-17-19-21-23-24-25-26-27-28-30-31-33-35-37-39-41-43-45-47-54(75)53(71-58(76)48-46-44-42-40-38-36-34-32-29-22-20-18-16-14-12-10-8-6-4-2)52-84-68-64(82)61(79)66(56(50-73)86-68)89-70-65(83)62(80)67(57(51-74)87-70)88-69-63(81)60(78)59(77)55(49-72)85-69/h12,14,18,20,30-31,37,39,45,47,53-57,59-70,72-75,77-83H,3-11,13,15-17,19,21-29,32-36,38,40-44,46,48-52H2,1-2H3,(H,71,76)/b14-12-,20-18-,31-30+,39-37+,47-45+. The molecular weight excluding hydrogens is 1140 g/mol. The van der Waals surface area contributed by atoms with Gasteiger partial charge in [0.1, 0.15) is 73.2 Å². The third kappa shape index (κ3) is 33.9. The topological polar surface area (TPSA) is 307 Å². The summed E-state index contributed by atoms with van der Waals surface area (Å²) in [5, 5.41) is 120. The highest BCUT2D eigenvalue weighted by molar-refractivity contribution is 5.76. The maximum atomic E-state index is 13.4. The number of carbonyl (C=O) groups is 1. The molecule has 19 nitrogen and oxygen atoms in total. The molecule has 0 saturated carbocycles. The third-order valence-electron chi connectivity index (χ3n) is 17.3. The monoisotopic (exact) mass is 1270 g/mol. The molecule has 17 unspecified atom stereocenters. The first-order chi connectivity index (χ1) is 43.3. The van der Waals surface area contributed by atoms with Crippen LogP contribution in [0.4, 0.5) is 0 Å². The van der Waals surface area contributed by atoms with Crippen molar-refractivity contribution in [1.82, 2.24) is 5.32 Å². The Hall–Kier alpha value is -2.51. The van der Waals surface area contributed by atoms with Crippen LogP contribution in [0, 0.1) is 0 Å². The van der Waals surface area contributed by atoms with Crippen molar-refractivity contribution in [2.24, 2.45) is 0 Å². The van der Waals surface area contributed by atoms with Gasteiger partial charge in [0.25, 0.3) is 0 Å². The fourth-order valence-electron chi connectivity index (χ4n) is 11.5. The first-order valence-electron chi connectivity index (χ1n) is 35.0. The Morgan fingerprint density at radius 2 is 0.753 bits per heavy atom. The van der Waals surface area contributed by atoms with Gasteiger partial charge < -0.3 is 89.9 Å². The summed E-state index contributed by atoms with van der Waals surface area (Å²) in [5.41, 5.74) is 0. The van der Waals surface area contributed by atoms with E-state index in [1.807, 2.05) is 6.08 Å². The molecule has 0 aromatic carbocycles. The molecule has 518 valence electrons. The van der Waals surface area contributed by atoms with E-state index >= 15 is 0 Å². The molecule has 0 bridgehead atoms. The molecule has 0 spiro atoms. The second kappa shape index (κ2) is 51.8. The normalized spacial score (nSPS) is 28.6. The van der Waals surface area contributed by atoms with Crippen molar-refractivity contribution >= 4 is 5.91 Å². The van der Waals surface area contributed by atoms with E-state index in [2.05, 4.69) is 67.8 Å². The number of amides is 1.